The van der Waals surface area contributed by atoms with Crippen molar-refractivity contribution in [3.63, 3.8) is 0 Å². The highest BCUT2D eigenvalue weighted by atomic mass is 32.3. The average molecular weight is 708 g/mol. The number of rotatable bonds is 13. The molecule has 6 aliphatic rings. The Morgan fingerprint density at radius 3 is 2.24 bits per heavy atom. The second-order valence-electron chi connectivity index (χ2n) is 18.8. The van der Waals surface area contributed by atoms with E-state index in [1.165, 1.54) is 116 Å². The lowest BCUT2D eigenvalue weighted by molar-refractivity contribution is -0.167. The van der Waals surface area contributed by atoms with Crippen molar-refractivity contribution in [3.8, 4) is 0 Å². The van der Waals surface area contributed by atoms with E-state index in [9.17, 15) is 18.1 Å². The van der Waals surface area contributed by atoms with Crippen molar-refractivity contribution < 1.29 is 22.3 Å². The first kappa shape index (κ1) is 38.4. The Kier molecular flexibility index (Phi) is 12.5. The predicted molar refractivity (Wildman–Crippen MR) is 198 cm³/mol. The van der Waals surface area contributed by atoms with Crippen LogP contribution in [0.25, 0.3) is 0 Å². The Bertz CT molecular complexity index is 1170. The molecule has 2 heterocycles. The van der Waals surface area contributed by atoms with E-state index in [0.29, 0.717) is 53.4 Å². The van der Waals surface area contributed by atoms with Crippen molar-refractivity contribution in [1.82, 2.24) is 15.1 Å². The summed E-state index contributed by atoms with van der Waals surface area (Å²) in [5.74, 6) is 3.26. The quantitative estimate of drug-likeness (QED) is 0.137. The van der Waals surface area contributed by atoms with Crippen LogP contribution in [-0.4, -0.2) is 91.4 Å². The SMILES string of the molecule is CC(C)[C@@H](CC[C@@H](C)[C@H]1CCC2C3C(CC[C@@]21C)[C@@]1(C)CC[C@H](NCCCN2CCC(N4CCCCC4)CC2)C[C@@H]1C[C@H]3O)OS(=O)(=O)O. The Balaban J connectivity index is 0.968. The number of piperidine rings is 2. The van der Waals surface area contributed by atoms with E-state index < -0.39 is 16.5 Å². The number of nitrogens with zero attached hydrogens (tertiary/aromatic N) is 2. The molecule has 49 heavy (non-hydrogen) atoms. The van der Waals surface area contributed by atoms with Crippen molar-refractivity contribution in [2.24, 2.45) is 52.3 Å². The largest absolute Gasteiger partial charge is 0.397 e. The number of nitrogens with one attached hydrogen (secondary N) is 1. The molecule has 0 bridgehead atoms. The van der Waals surface area contributed by atoms with E-state index in [1.54, 1.807) is 0 Å². The lowest BCUT2D eigenvalue weighted by atomic mass is 9.43. The molecule has 0 aromatic rings. The number of likely N-dealkylation sites (tertiary alicyclic amines) is 2. The maximum Gasteiger partial charge on any atom is 0.397 e. The summed E-state index contributed by atoms with van der Waals surface area (Å²) in [4.78, 5) is 5.49. The van der Waals surface area contributed by atoms with Crippen LogP contribution in [0.5, 0.6) is 0 Å². The minimum absolute atomic E-state index is 0.0185. The van der Waals surface area contributed by atoms with E-state index >= 15 is 0 Å². The Hall–Kier alpha value is -0.290. The first-order valence-corrected chi connectivity index (χ1v) is 22.2. The number of aliphatic hydroxyl groups is 1. The third-order valence-electron chi connectivity index (χ3n) is 15.9. The third-order valence-corrected chi connectivity index (χ3v) is 16.4. The van der Waals surface area contributed by atoms with Crippen LogP contribution < -0.4 is 5.32 Å². The minimum atomic E-state index is -4.46. The third kappa shape index (κ3) is 8.59. The molecule has 4 saturated carbocycles. The minimum Gasteiger partial charge on any atom is -0.393 e. The maximum absolute atomic E-state index is 11.9. The summed E-state index contributed by atoms with van der Waals surface area (Å²) in [5, 5.41) is 15.9. The lowest BCUT2D eigenvalue weighted by Crippen LogP contribution is -2.59. The molecule has 3 unspecified atom stereocenters. The summed E-state index contributed by atoms with van der Waals surface area (Å²) in [5.41, 5.74) is 0.562. The second kappa shape index (κ2) is 16.0. The topological polar surface area (TPSA) is 102 Å². The molecule has 2 aliphatic heterocycles. The van der Waals surface area contributed by atoms with Crippen LogP contribution in [0.4, 0.5) is 0 Å². The Labute approximate surface area is 300 Å². The molecule has 0 spiro atoms. The maximum atomic E-state index is 11.9. The molecular weight excluding hydrogens is 635 g/mol. The zero-order valence-corrected chi connectivity index (χ0v) is 32.6. The van der Waals surface area contributed by atoms with Crippen LogP contribution in [0.3, 0.4) is 0 Å². The number of hydrogen-bond donors (Lipinski definition) is 3. The van der Waals surface area contributed by atoms with Gasteiger partial charge in [-0.2, -0.15) is 8.42 Å². The lowest BCUT2D eigenvalue weighted by Gasteiger charge is -2.62. The molecule has 6 fully saturated rings. The summed E-state index contributed by atoms with van der Waals surface area (Å²) in [7, 11) is -4.46. The predicted octanol–water partition coefficient (Wildman–Crippen LogP) is 7.18. The van der Waals surface area contributed by atoms with Gasteiger partial charge in [0.1, 0.15) is 0 Å². The molecule has 0 amide bonds. The van der Waals surface area contributed by atoms with Gasteiger partial charge >= 0.3 is 10.4 Å². The van der Waals surface area contributed by atoms with Gasteiger partial charge in [0.25, 0.3) is 0 Å². The zero-order chi connectivity index (χ0) is 35.0. The molecule has 6 rings (SSSR count). The van der Waals surface area contributed by atoms with E-state index in [2.05, 4.69) is 35.9 Å². The molecule has 9 heteroatoms. The molecule has 2 saturated heterocycles. The van der Waals surface area contributed by atoms with E-state index in [4.69, 9.17) is 4.18 Å². The van der Waals surface area contributed by atoms with Crippen LogP contribution in [0, 0.1) is 52.3 Å². The van der Waals surface area contributed by atoms with Crippen LogP contribution in [0.1, 0.15) is 137 Å². The van der Waals surface area contributed by atoms with Gasteiger partial charge in [0.15, 0.2) is 0 Å². The number of hydrogen-bond acceptors (Lipinski definition) is 7. The number of aliphatic hydroxyl groups excluding tert-OH is 1. The van der Waals surface area contributed by atoms with Gasteiger partial charge in [0, 0.05) is 12.1 Å². The standard InChI is InChI=1S/C40H73N3O5S/c1-28(2)37(48-49(45,46)47)13-10-29(3)33-11-12-34-38-35(15-19-40(33,34)5)39(4)18-14-31(26-30(39)27-36(38)44)41-20-9-21-42-24-16-32(17-25-42)43-22-7-6-8-23-43/h28-38,41,44H,6-27H2,1-5H3,(H,45,46,47)/t29-,30-,31+,33-,34?,35?,36-,37-,38?,39+,40-/m1/s1. The Morgan fingerprint density at radius 1 is 0.857 bits per heavy atom. The van der Waals surface area contributed by atoms with Crippen LogP contribution in [0.2, 0.25) is 0 Å². The van der Waals surface area contributed by atoms with Gasteiger partial charge in [-0.25, -0.2) is 4.18 Å². The van der Waals surface area contributed by atoms with Crippen LogP contribution in [-0.2, 0) is 14.6 Å². The molecule has 3 N–H and O–H groups in total. The van der Waals surface area contributed by atoms with E-state index in [0.717, 1.165) is 25.4 Å². The molecule has 11 atom stereocenters. The summed E-state index contributed by atoms with van der Waals surface area (Å²) in [6.07, 6.45) is 18.7. The molecule has 4 aliphatic carbocycles. The van der Waals surface area contributed by atoms with Gasteiger partial charge in [0.2, 0.25) is 0 Å². The highest BCUT2D eigenvalue weighted by molar-refractivity contribution is 7.80. The normalized spacial score (nSPS) is 40.9. The molecule has 284 valence electrons. The highest BCUT2D eigenvalue weighted by Crippen LogP contribution is 2.68. The first-order valence-electron chi connectivity index (χ1n) is 20.8. The fourth-order valence-electron chi connectivity index (χ4n) is 13.1. The molecule has 0 radical (unpaired) electrons. The van der Waals surface area contributed by atoms with Gasteiger partial charge in [-0.05, 0) is 188 Å². The van der Waals surface area contributed by atoms with Crippen molar-refractivity contribution >= 4 is 10.4 Å². The summed E-state index contributed by atoms with van der Waals surface area (Å²) in [6, 6.07) is 1.43. The van der Waals surface area contributed by atoms with Crippen molar-refractivity contribution in [2.45, 2.75) is 162 Å². The van der Waals surface area contributed by atoms with Gasteiger partial charge in [0.05, 0.1) is 12.2 Å². The van der Waals surface area contributed by atoms with Gasteiger partial charge < -0.3 is 20.2 Å². The summed E-state index contributed by atoms with van der Waals surface area (Å²) >= 11 is 0. The van der Waals surface area contributed by atoms with Crippen molar-refractivity contribution in [2.75, 3.05) is 39.3 Å². The smallest absolute Gasteiger partial charge is 0.393 e. The number of fused-ring (bicyclic) bond motifs is 5. The Morgan fingerprint density at radius 2 is 1.55 bits per heavy atom. The molecule has 8 nitrogen and oxygen atoms in total. The molecule has 0 aromatic heterocycles. The van der Waals surface area contributed by atoms with Gasteiger partial charge in [-0.3, -0.25) is 4.55 Å². The zero-order valence-electron chi connectivity index (χ0n) is 31.8. The molecule has 0 aromatic carbocycles. The summed E-state index contributed by atoms with van der Waals surface area (Å²) in [6.45, 7) is 18.9. The summed E-state index contributed by atoms with van der Waals surface area (Å²) < 4.78 is 37.3. The van der Waals surface area contributed by atoms with Crippen LogP contribution in [0.15, 0.2) is 0 Å². The fraction of sp³-hybridized carbons (Fsp3) is 1.00. The van der Waals surface area contributed by atoms with Crippen molar-refractivity contribution in [1.29, 1.82) is 0 Å². The highest BCUT2D eigenvalue weighted by Gasteiger charge is 2.62. The second-order valence-corrected chi connectivity index (χ2v) is 19.9. The average Bonchev–Trinajstić information content (AvgIpc) is 3.42. The van der Waals surface area contributed by atoms with Crippen LogP contribution >= 0.6 is 0 Å². The van der Waals surface area contributed by atoms with Gasteiger partial charge in [-0.15, -0.1) is 0 Å². The fourth-order valence-corrected chi connectivity index (χ4v) is 13.7. The van der Waals surface area contributed by atoms with Gasteiger partial charge in [-0.1, -0.05) is 41.0 Å². The first-order chi connectivity index (χ1) is 23.3. The van der Waals surface area contributed by atoms with E-state index in [-0.39, 0.29) is 17.4 Å². The molecular formula is C40H73N3O5S. The van der Waals surface area contributed by atoms with Crippen molar-refractivity contribution in [3.05, 3.63) is 0 Å². The monoisotopic (exact) mass is 708 g/mol. The van der Waals surface area contributed by atoms with E-state index in [1.807, 2.05) is 13.8 Å².